The van der Waals surface area contributed by atoms with Crippen molar-refractivity contribution in [1.82, 2.24) is 24.0 Å². The van der Waals surface area contributed by atoms with Crippen LogP contribution >= 0.6 is 0 Å². The number of aromatic nitrogens is 4. The van der Waals surface area contributed by atoms with Gasteiger partial charge in [0.05, 0.1) is 6.54 Å². The van der Waals surface area contributed by atoms with Gasteiger partial charge < -0.3 is 14.0 Å². The van der Waals surface area contributed by atoms with E-state index in [0.717, 1.165) is 49.6 Å². The van der Waals surface area contributed by atoms with Crippen LogP contribution in [0.5, 0.6) is 0 Å². The van der Waals surface area contributed by atoms with Crippen LogP contribution in [-0.4, -0.2) is 43.0 Å². The summed E-state index contributed by atoms with van der Waals surface area (Å²) in [6, 6.07) is 8.52. The Morgan fingerprint density at radius 2 is 2.04 bits per heavy atom. The molecule has 3 aromatic heterocycles. The molecule has 3 aromatic rings. The summed E-state index contributed by atoms with van der Waals surface area (Å²) < 4.78 is 4.36. The van der Waals surface area contributed by atoms with Gasteiger partial charge in [0.1, 0.15) is 11.5 Å². The van der Waals surface area contributed by atoms with Crippen molar-refractivity contribution < 1.29 is 4.79 Å². The second-order valence-electron chi connectivity index (χ2n) is 7.90. The normalized spacial score (nSPS) is 19.7. The lowest BCUT2D eigenvalue weighted by Crippen LogP contribution is -2.40. The molecule has 1 aliphatic heterocycles. The zero-order chi connectivity index (χ0) is 18.9. The first-order valence-corrected chi connectivity index (χ1v) is 10.2. The molecule has 1 amide bonds. The Balaban J connectivity index is 1.33. The average Bonchev–Trinajstić information content (AvgIpc) is 3.28. The summed E-state index contributed by atoms with van der Waals surface area (Å²) in [5.74, 6) is 1.50. The zero-order valence-corrected chi connectivity index (χ0v) is 15.9. The second-order valence-corrected chi connectivity index (χ2v) is 7.90. The van der Waals surface area contributed by atoms with Crippen LogP contribution in [0.15, 0.2) is 55.2 Å². The van der Waals surface area contributed by atoms with Gasteiger partial charge in [0, 0.05) is 56.0 Å². The molecule has 2 aliphatic rings. The first kappa shape index (κ1) is 17.2. The fraction of sp³-hybridized carbons (Fsp3) is 0.409. The molecule has 5 rings (SSSR count). The summed E-state index contributed by atoms with van der Waals surface area (Å²) in [6.07, 6.45) is 14.1. The number of hydrogen-bond acceptors (Lipinski definition) is 3. The number of carbonyl (C=O) groups excluding carboxylic acids is 1. The average molecular weight is 375 g/mol. The fourth-order valence-electron chi connectivity index (χ4n) is 4.28. The monoisotopic (exact) mass is 375 g/mol. The summed E-state index contributed by atoms with van der Waals surface area (Å²) in [5, 5.41) is 0. The van der Waals surface area contributed by atoms with Gasteiger partial charge in [-0.05, 0) is 49.4 Å². The molecule has 6 nitrogen and oxygen atoms in total. The number of likely N-dealkylation sites (tertiary alicyclic amines) is 1. The summed E-state index contributed by atoms with van der Waals surface area (Å²) >= 11 is 0. The molecule has 2 fully saturated rings. The third-order valence-corrected chi connectivity index (χ3v) is 5.84. The Kier molecular flexibility index (Phi) is 4.47. The predicted octanol–water partition coefficient (Wildman–Crippen LogP) is 3.48. The van der Waals surface area contributed by atoms with Crippen molar-refractivity contribution in [3.05, 3.63) is 72.3 Å². The lowest BCUT2D eigenvalue weighted by atomic mass is 9.96. The molecular formula is C22H25N5O. The van der Waals surface area contributed by atoms with Crippen LogP contribution in [0.1, 0.15) is 59.5 Å². The molecule has 0 radical (unpaired) electrons. The van der Waals surface area contributed by atoms with Crippen LogP contribution in [0.4, 0.5) is 0 Å². The maximum atomic E-state index is 13.2. The van der Waals surface area contributed by atoms with E-state index in [1.165, 1.54) is 12.8 Å². The van der Waals surface area contributed by atoms with Gasteiger partial charge in [-0.15, -0.1) is 0 Å². The number of pyridine rings is 1. The van der Waals surface area contributed by atoms with Gasteiger partial charge in [0.15, 0.2) is 0 Å². The van der Waals surface area contributed by atoms with E-state index in [9.17, 15) is 4.79 Å². The Bertz CT molecular complexity index is 956. The Hall–Kier alpha value is -2.89. The minimum atomic E-state index is 0.159. The minimum absolute atomic E-state index is 0.159. The van der Waals surface area contributed by atoms with E-state index in [0.29, 0.717) is 6.04 Å². The van der Waals surface area contributed by atoms with Crippen molar-refractivity contribution in [2.24, 2.45) is 0 Å². The molecule has 0 spiro atoms. The molecule has 1 unspecified atom stereocenters. The predicted molar refractivity (Wildman–Crippen MR) is 106 cm³/mol. The van der Waals surface area contributed by atoms with Crippen LogP contribution in [-0.2, 0) is 6.54 Å². The van der Waals surface area contributed by atoms with E-state index in [2.05, 4.69) is 25.2 Å². The number of piperidine rings is 1. The molecule has 1 saturated carbocycles. The maximum Gasteiger partial charge on any atom is 0.270 e. The van der Waals surface area contributed by atoms with Crippen molar-refractivity contribution in [3.63, 3.8) is 0 Å². The molecule has 28 heavy (non-hydrogen) atoms. The Labute approximate surface area is 164 Å². The SMILES string of the molecule is O=C(c1cccn1C1CC1)N1CCCC(c2nccn2Cc2cccnc2)C1. The van der Waals surface area contributed by atoms with E-state index >= 15 is 0 Å². The molecule has 4 heterocycles. The van der Waals surface area contributed by atoms with Crippen LogP contribution in [0, 0.1) is 0 Å². The van der Waals surface area contributed by atoms with E-state index in [4.69, 9.17) is 0 Å². The number of hydrogen-bond donors (Lipinski definition) is 0. The number of amides is 1. The number of imidazole rings is 1. The zero-order valence-electron chi connectivity index (χ0n) is 15.9. The van der Waals surface area contributed by atoms with Crippen molar-refractivity contribution in [1.29, 1.82) is 0 Å². The van der Waals surface area contributed by atoms with E-state index in [1.54, 1.807) is 6.20 Å². The molecule has 1 atom stereocenters. The van der Waals surface area contributed by atoms with Gasteiger partial charge >= 0.3 is 0 Å². The lowest BCUT2D eigenvalue weighted by Gasteiger charge is -2.33. The summed E-state index contributed by atoms with van der Waals surface area (Å²) in [5.41, 5.74) is 2.00. The fourth-order valence-corrected chi connectivity index (χ4v) is 4.28. The smallest absolute Gasteiger partial charge is 0.270 e. The van der Waals surface area contributed by atoms with Gasteiger partial charge in [-0.3, -0.25) is 9.78 Å². The van der Waals surface area contributed by atoms with Crippen LogP contribution in [0.3, 0.4) is 0 Å². The maximum absolute atomic E-state index is 13.2. The van der Waals surface area contributed by atoms with Crippen LogP contribution in [0.25, 0.3) is 0 Å². The summed E-state index contributed by atoms with van der Waals surface area (Å²) in [6.45, 7) is 2.32. The summed E-state index contributed by atoms with van der Waals surface area (Å²) in [7, 11) is 0. The highest BCUT2D eigenvalue weighted by Crippen LogP contribution is 2.36. The number of carbonyl (C=O) groups is 1. The quantitative estimate of drug-likeness (QED) is 0.686. The van der Waals surface area contributed by atoms with Gasteiger partial charge in [-0.25, -0.2) is 4.98 Å². The van der Waals surface area contributed by atoms with Gasteiger partial charge in [0.2, 0.25) is 0 Å². The first-order chi connectivity index (χ1) is 13.8. The Morgan fingerprint density at radius 1 is 1.11 bits per heavy atom. The van der Waals surface area contributed by atoms with Crippen molar-refractivity contribution >= 4 is 5.91 Å². The second kappa shape index (κ2) is 7.26. The molecule has 0 aromatic carbocycles. The Morgan fingerprint density at radius 3 is 2.86 bits per heavy atom. The molecular weight excluding hydrogens is 350 g/mol. The highest BCUT2D eigenvalue weighted by atomic mass is 16.2. The topological polar surface area (TPSA) is 56.0 Å². The number of rotatable bonds is 5. The molecule has 144 valence electrons. The van der Waals surface area contributed by atoms with Crippen molar-refractivity contribution in [2.75, 3.05) is 13.1 Å². The molecule has 0 N–H and O–H groups in total. The van der Waals surface area contributed by atoms with E-state index in [-0.39, 0.29) is 11.8 Å². The third kappa shape index (κ3) is 3.35. The van der Waals surface area contributed by atoms with Gasteiger partial charge in [0.25, 0.3) is 5.91 Å². The van der Waals surface area contributed by atoms with Crippen molar-refractivity contribution in [2.45, 2.75) is 44.2 Å². The van der Waals surface area contributed by atoms with Gasteiger partial charge in [-0.1, -0.05) is 6.07 Å². The van der Waals surface area contributed by atoms with Crippen LogP contribution < -0.4 is 0 Å². The highest BCUT2D eigenvalue weighted by molar-refractivity contribution is 5.93. The number of nitrogens with zero attached hydrogens (tertiary/aromatic N) is 5. The molecule has 6 heteroatoms. The molecule has 1 saturated heterocycles. The van der Waals surface area contributed by atoms with E-state index in [1.807, 2.05) is 47.9 Å². The minimum Gasteiger partial charge on any atom is -0.340 e. The largest absolute Gasteiger partial charge is 0.340 e. The molecule has 0 bridgehead atoms. The first-order valence-electron chi connectivity index (χ1n) is 10.2. The van der Waals surface area contributed by atoms with Gasteiger partial charge in [-0.2, -0.15) is 0 Å². The standard InChI is InChI=1S/C22H25N5O/c28-22(20-6-3-12-27(20)19-7-8-19)26-11-2-5-18(16-26)21-24-10-13-25(21)15-17-4-1-9-23-14-17/h1,3-4,6,9-10,12-14,18-19H,2,5,7-8,11,15-16H2. The summed E-state index contributed by atoms with van der Waals surface area (Å²) in [4.78, 5) is 24.1. The van der Waals surface area contributed by atoms with Crippen molar-refractivity contribution in [3.8, 4) is 0 Å². The lowest BCUT2D eigenvalue weighted by molar-refractivity contribution is 0.0692. The third-order valence-electron chi connectivity index (χ3n) is 5.84. The van der Waals surface area contributed by atoms with E-state index < -0.39 is 0 Å². The highest BCUT2D eigenvalue weighted by Gasteiger charge is 2.32. The molecule has 1 aliphatic carbocycles. The van der Waals surface area contributed by atoms with Crippen LogP contribution in [0.2, 0.25) is 0 Å².